The van der Waals surface area contributed by atoms with Crippen LogP contribution in [0.15, 0.2) is 24.3 Å². The summed E-state index contributed by atoms with van der Waals surface area (Å²) in [6.07, 6.45) is 1.13. The van der Waals surface area contributed by atoms with E-state index in [1.165, 1.54) is 5.56 Å². The Bertz CT molecular complexity index is 319. The van der Waals surface area contributed by atoms with Crippen LogP contribution in [-0.4, -0.2) is 25.0 Å². The van der Waals surface area contributed by atoms with Gasteiger partial charge in [0.05, 0.1) is 0 Å². The van der Waals surface area contributed by atoms with E-state index in [0.717, 1.165) is 24.5 Å². The van der Waals surface area contributed by atoms with Crippen molar-refractivity contribution in [2.24, 2.45) is 11.7 Å². The van der Waals surface area contributed by atoms with Crippen LogP contribution in [0.3, 0.4) is 0 Å². The topological polar surface area (TPSA) is 29.3 Å². The summed E-state index contributed by atoms with van der Waals surface area (Å²) < 4.78 is 0. The first kappa shape index (κ1) is 14.5. The number of hydrogen-bond donors (Lipinski definition) is 1. The Labute approximate surface area is 110 Å². The molecule has 0 aliphatic heterocycles. The SMILES string of the molecule is CCC(CN)CN(C)C(C)c1ccc(Cl)cc1. The van der Waals surface area contributed by atoms with Crippen LogP contribution >= 0.6 is 11.6 Å². The minimum absolute atomic E-state index is 0.396. The molecule has 2 N–H and O–H groups in total. The van der Waals surface area contributed by atoms with E-state index in [2.05, 4.69) is 37.9 Å². The molecule has 0 aliphatic carbocycles. The standard InChI is InChI=1S/C14H23ClN2/c1-4-12(9-16)10-17(3)11(2)13-5-7-14(15)8-6-13/h5-8,11-12H,4,9-10,16H2,1-3H3. The number of halogens is 1. The molecule has 0 spiro atoms. The van der Waals surface area contributed by atoms with Crippen molar-refractivity contribution in [3.8, 4) is 0 Å². The first-order chi connectivity index (χ1) is 8.08. The Morgan fingerprint density at radius 2 is 1.88 bits per heavy atom. The second-order valence-corrected chi connectivity index (χ2v) is 5.11. The quantitative estimate of drug-likeness (QED) is 0.844. The molecule has 1 aromatic rings. The van der Waals surface area contributed by atoms with Crippen LogP contribution in [0.25, 0.3) is 0 Å². The summed E-state index contributed by atoms with van der Waals surface area (Å²) in [5, 5.41) is 0.789. The Morgan fingerprint density at radius 3 is 2.35 bits per heavy atom. The first-order valence-electron chi connectivity index (χ1n) is 6.24. The molecule has 2 nitrogen and oxygen atoms in total. The van der Waals surface area contributed by atoms with Gasteiger partial charge in [-0.15, -0.1) is 0 Å². The van der Waals surface area contributed by atoms with Crippen molar-refractivity contribution < 1.29 is 0 Å². The van der Waals surface area contributed by atoms with Crippen LogP contribution in [0.2, 0.25) is 5.02 Å². The van der Waals surface area contributed by atoms with Crippen LogP contribution in [0.1, 0.15) is 31.9 Å². The van der Waals surface area contributed by atoms with Gasteiger partial charge in [-0.3, -0.25) is 4.90 Å². The molecule has 96 valence electrons. The summed E-state index contributed by atoms with van der Waals surface area (Å²) in [7, 11) is 2.15. The zero-order valence-corrected chi connectivity index (χ0v) is 11.7. The molecule has 3 heteroatoms. The number of nitrogens with two attached hydrogens (primary N) is 1. The van der Waals surface area contributed by atoms with Gasteiger partial charge in [-0.2, -0.15) is 0 Å². The summed E-state index contributed by atoms with van der Waals surface area (Å²) in [4.78, 5) is 2.35. The molecule has 2 unspecified atom stereocenters. The second-order valence-electron chi connectivity index (χ2n) is 4.68. The maximum absolute atomic E-state index is 5.90. The average molecular weight is 255 g/mol. The van der Waals surface area contributed by atoms with Crippen molar-refractivity contribution in [3.63, 3.8) is 0 Å². The van der Waals surface area contributed by atoms with Gasteiger partial charge < -0.3 is 5.73 Å². The molecule has 0 heterocycles. The Kier molecular flexibility index (Phi) is 5.96. The molecule has 0 amide bonds. The van der Waals surface area contributed by atoms with Crippen molar-refractivity contribution in [3.05, 3.63) is 34.9 Å². The highest BCUT2D eigenvalue weighted by Gasteiger charge is 2.14. The Balaban J connectivity index is 2.62. The van der Waals surface area contributed by atoms with Crippen molar-refractivity contribution in [1.29, 1.82) is 0 Å². The molecule has 0 saturated heterocycles. The molecule has 0 saturated carbocycles. The van der Waals surface area contributed by atoms with E-state index in [-0.39, 0.29) is 0 Å². The van der Waals surface area contributed by atoms with Crippen molar-refractivity contribution in [2.45, 2.75) is 26.3 Å². The highest BCUT2D eigenvalue weighted by atomic mass is 35.5. The zero-order chi connectivity index (χ0) is 12.8. The molecule has 0 aliphatic rings. The smallest absolute Gasteiger partial charge is 0.0406 e. The van der Waals surface area contributed by atoms with Gasteiger partial charge in [0.15, 0.2) is 0 Å². The predicted molar refractivity (Wildman–Crippen MR) is 75.3 cm³/mol. The molecule has 0 bridgehead atoms. The maximum atomic E-state index is 5.90. The van der Waals surface area contributed by atoms with Gasteiger partial charge in [-0.25, -0.2) is 0 Å². The van der Waals surface area contributed by atoms with E-state index < -0.39 is 0 Å². The van der Waals surface area contributed by atoms with Gasteiger partial charge in [0.25, 0.3) is 0 Å². The lowest BCUT2D eigenvalue weighted by atomic mass is 10.0. The lowest BCUT2D eigenvalue weighted by Crippen LogP contribution is -2.31. The van der Waals surface area contributed by atoms with E-state index in [4.69, 9.17) is 17.3 Å². The van der Waals surface area contributed by atoms with Crippen LogP contribution in [0.4, 0.5) is 0 Å². The van der Waals surface area contributed by atoms with Crippen LogP contribution in [-0.2, 0) is 0 Å². The summed E-state index contributed by atoms with van der Waals surface area (Å²) >= 11 is 5.90. The van der Waals surface area contributed by atoms with Gasteiger partial charge in [0.2, 0.25) is 0 Å². The fourth-order valence-corrected chi connectivity index (χ4v) is 2.06. The largest absolute Gasteiger partial charge is 0.330 e. The van der Waals surface area contributed by atoms with Gasteiger partial charge in [0.1, 0.15) is 0 Å². The van der Waals surface area contributed by atoms with E-state index in [1.54, 1.807) is 0 Å². The second kappa shape index (κ2) is 7.00. The monoisotopic (exact) mass is 254 g/mol. The summed E-state index contributed by atoms with van der Waals surface area (Å²) in [5.41, 5.74) is 7.04. The maximum Gasteiger partial charge on any atom is 0.0406 e. The highest BCUT2D eigenvalue weighted by Crippen LogP contribution is 2.21. The molecule has 0 fully saturated rings. The van der Waals surface area contributed by atoms with Crippen LogP contribution in [0, 0.1) is 5.92 Å². The van der Waals surface area contributed by atoms with Crippen LogP contribution in [0.5, 0.6) is 0 Å². The van der Waals surface area contributed by atoms with Crippen LogP contribution < -0.4 is 5.73 Å². The minimum Gasteiger partial charge on any atom is -0.330 e. The molecular weight excluding hydrogens is 232 g/mol. The Morgan fingerprint density at radius 1 is 1.29 bits per heavy atom. The third kappa shape index (κ3) is 4.30. The fourth-order valence-electron chi connectivity index (χ4n) is 1.93. The highest BCUT2D eigenvalue weighted by molar-refractivity contribution is 6.30. The minimum atomic E-state index is 0.396. The molecule has 1 aromatic carbocycles. The van der Waals surface area contributed by atoms with Crippen molar-refractivity contribution in [1.82, 2.24) is 4.90 Å². The van der Waals surface area contributed by atoms with Gasteiger partial charge >= 0.3 is 0 Å². The average Bonchev–Trinajstić information content (AvgIpc) is 2.35. The zero-order valence-electron chi connectivity index (χ0n) is 11.0. The molecule has 0 aromatic heterocycles. The number of rotatable bonds is 6. The van der Waals surface area contributed by atoms with E-state index in [0.29, 0.717) is 12.0 Å². The first-order valence-corrected chi connectivity index (χ1v) is 6.62. The number of nitrogens with zero attached hydrogens (tertiary/aromatic N) is 1. The summed E-state index contributed by atoms with van der Waals surface area (Å²) in [6, 6.07) is 8.47. The lowest BCUT2D eigenvalue weighted by molar-refractivity contribution is 0.219. The van der Waals surface area contributed by atoms with Crippen molar-refractivity contribution in [2.75, 3.05) is 20.1 Å². The molecule has 0 radical (unpaired) electrons. The fraction of sp³-hybridized carbons (Fsp3) is 0.571. The summed E-state index contributed by atoms with van der Waals surface area (Å²) in [6.45, 7) is 6.20. The molecule has 1 rings (SSSR count). The van der Waals surface area contributed by atoms with Crippen molar-refractivity contribution >= 4 is 11.6 Å². The van der Waals surface area contributed by atoms with E-state index in [9.17, 15) is 0 Å². The van der Waals surface area contributed by atoms with Gasteiger partial charge in [-0.05, 0) is 44.1 Å². The number of benzene rings is 1. The van der Waals surface area contributed by atoms with E-state index in [1.807, 2.05) is 12.1 Å². The predicted octanol–water partition coefficient (Wildman–Crippen LogP) is 3.32. The third-order valence-electron chi connectivity index (χ3n) is 3.47. The Hall–Kier alpha value is -0.570. The summed E-state index contributed by atoms with van der Waals surface area (Å²) in [5.74, 6) is 0.578. The normalized spacial score (nSPS) is 14.9. The van der Waals surface area contributed by atoms with E-state index >= 15 is 0 Å². The molecule has 17 heavy (non-hydrogen) atoms. The molecular formula is C14H23ClN2. The lowest BCUT2D eigenvalue weighted by Gasteiger charge is -2.28. The number of hydrogen-bond acceptors (Lipinski definition) is 2. The van der Waals surface area contributed by atoms with Gasteiger partial charge in [-0.1, -0.05) is 37.1 Å². The van der Waals surface area contributed by atoms with Gasteiger partial charge in [0, 0.05) is 17.6 Å². The third-order valence-corrected chi connectivity index (χ3v) is 3.72. The molecule has 2 atom stereocenters.